The number of ether oxygens (including phenoxy) is 1. The highest BCUT2D eigenvalue weighted by molar-refractivity contribution is 7.99. The largest absolute Gasteiger partial charge is 0.481 e. The van der Waals surface area contributed by atoms with E-state index in [1.54, 1.807) is 17.4 Å². The first-order valence-electron chi connectivity index (χ1n) is 11.6. The van der Waals surface area contributed by atoms with Gasteiger partial charge in [-0.05, 0) is 67.9 Å². The lowest BCUT2D eigenvalue weighted by atomic mass is 10.2. The Morgan fingerprint density at radius 2 is 1.92 bits per heavy atom. The zero-order chi connectivity index (χ0) is 25.9. The van der Waals surface area contributed by atoms with Gasteiger partial charge in [-0.15, -0.1) is 21.5 Å². The van der Waals surface area contributed by atoms with Crippen LogP contribution in [0.4, 0.5) is 5.69 Å². The predicted molar refractivity (Wildman–Crippen MR) is 151 cm³/mol. The van der Waals surface area contributed by atoms with E-state index in [0.29, 0.717) is 21.8 Å². The number of carbonyl (C=O) groups is 1. The number of carbonyl (C=O) groups excluding carboxylic acids is 1. The number of hydrogen-bond donors (Lipinski definition) is 1. The van der Waals surface area contributed by atoms with E-state index in [-0.39, 0.29) is 17.8 Å². The summed E-state index contributed by atoms with van der Waals surface area (Å²) in [5.41, 5.74) is 3.96. The molecule has 0 fully saturated rings. The van der Waals surface area contributed by atoms with Crippen LogP contribution in [-0.2, 0) is 11.8 Å². The molecule has 0 aliphatic carbocycles. The van der Waals surface area contributed by atoms with Gasteiger partial charge < -0.3 is 14.6 Å². The molecule has 1 amide bonds. The van der Waals surface area contributed by atoms with Crippen LogP contribution in [0.3, 0.4) is 0 Å². The Morgan fingerprint density at radius 3 is 2.70 bits per heavy atom. The van der Waals surface area contributed by atoms with Crippen LogP contribution in [0.2, 0.25) is 5.02 Å². The van der Waals surface area contributed by atoms with Crippen molar-refractivity contribution in [1.29, 1.82) is 0 Å². The summed E-state index contributed by atoms with van der Waals surface area (Å²) in [5.74, 6) is 1.30. The monoisotopic (exact) mass is 549 g/mol. The van der Waals surface area contributed by atoms with Crippen molar-refractivity contribution in [2.24, 2.45) is 7.05 Å². The molecule has 10 heteroatoms. The Balaban J connectivity index is 1.17. The van der Waals surface area contributed by atoms with Crippen LogP contribution in [0.5, 0.6) is 5.75 Å². The number of nitrogens with zero attached hydrogens (tertiary/aromatic N) is 4. The maximum Gasteiger partial charge on any atom is 0.234 e. The maximum atomic E-state index is 12.6. The number of thiazole rings is 1. The number of para-hydroxylation sites is 1. The number of fused-ring (bicyclic) bond motifs is 1. The Labute approximate surface area is 227 Å². The Hall–Kier alpha value is -3.40. The van der Waals surface area contributed by atoms with Crippen LogP contribution in [0.25, 0.3) is 20.8 Å². The Morgan fingerprint density at radius 1 is 1.14 bits per heavy atom. The fourth-order valence-corrected chi connectivity index (χ4v) is 5.74. The predicted octanol–water partition coefficient (Wildman–Crippen LogP) is 6.92. The lowest BCUT2D eigenvalue weighted by molar-refractivity contribution is -0.113. The van der Waals surface area contributed by atoms with E-state index >= 15 is 0 Å². The summed E-state index contributed by atoms with van der Waals surface area (Å²) in [6.07, 6.45) is -0.362. The molecule has 5 rings (SSSR count). The average molecular weight is 550 g/mol. The van der Waals surface area contributed by atoms with Crippen LogP contribution >= 0.6 is 34.7 Å². The smallest absolute Gasteiger partial charge is 0.234 e. The van der Waals surface area contributed by atoms with Gasteiger partial charge in [-0.2, -0.15) is 0 Å². The van der Waals surface area contributed by atoms with Gasteiger partial charge in [0, 0.05) is 18.3 Å². The van der Waals surface area contributed by atoms with Gasteiger partial charge in [-0.25, -0.2) is 4.98 Å². The number of aromatic nitrogens is 4. The number of anilines is 1. The summed E-state index contributed by atoms with van der Waals surface area (Å²) in [4.78, 5) is 17.3. The van der Waals surface area contributed by atoms with Gasteiger partial charge in [0.05, 0.1) is 21.0 Å². The van der Waals surface area contributed by atoms with Crippen LogP contribution in [0.15, 0.2) is 71.9 Å². The molecule has 3 aromatic carbocycles. The molecular weight excluding hydrogens is 526 g/mol. The van der Waals surface area contributed by atoms with Gasteiger partial charge in [0.1, 0.15) is 10.8 Å². The van der Waals surface area contributed by atoms with Crippen LogP contribution < -0.4 is 10.1 Å². The highest BCUT2D eigenvalue weighted by Crippen LogP contribution is 2.32. The van der Waals surface area contributed by atoms with Crippen molar-refractivity contribution in [3.05, 3.63) is 83.1 Å². The molecule has 188 valence electrons. The average Bonchev–Trinajstić information content (AvgIpc) is 3.47. The van der Waals surface area contributed by atoms with E-state index in [0.717, 1.165) is 21.8 Å². The molecule has 1 unspecified atom stereocenters. The lowest BCUT2D eigenvalue weighted by Crippen LogP contribution is -2.14. The summed E-state index contributed by atoms with van der Waals surface area (Å²) in [7, 11) is 1.85. The number of benzene rings is 3. The van der Waals surface area contributed by atoms with Crippen LogP contribution in [-0.4, -0.2) is 31.4 Å². The molecule has 0 radical (unpaired) electrons. The molecule has 1 N–H and O–H groups in total. The minimum absolute atomic E-state index is 0.127. The SMILES string of the molecule is Cc1ccc2nc(-c3ccc(NC(=O)CSc4nnc(C(C)Oc5ccccc5Cl)n4C)cc3)sc2c1. The maximum absolute atomic E-state index is 12.6. The number of rotatable bonds is 8. The summed E-state index contributed by atoms with van der Waals surface area (Å²) < 4.78 is 8.94. The third kappa shape index (κ3) is 5.79. The number of halogens is 1. The van der Waals surface area contributed by atoms with E-state index in [4.69, 9.17) is 21.3 Å². The zero-order valence-corrected chi connectivity index (χ0v) is 22.8. The highest BCUT2D eigenvalue weighted by atomic mass is 35.5. The molecule has 0 saturated carbocycles. The number of thioether (sulfide) groups is 1. The molecule has 0 spiro atoms. The minimum atomic E-state index is -0.362. The van der Waals surface area contributed by atoms with Gasteiger partial charge in [-0.3, -0.25) is 4.79 Å². The first-order valence-corrected chi connectivity index (χ1v) is 13.8. The quantitative estimate of drug-likeness (QED) is 0.211. The summed E-state index contributed by atoms with van der Waals surface area (Å²) in [6, 6.07) is 21.3. The molecule has 2 heterocycles. The van der Waals surface area contributed by atoms with Crippen molar-refractivity contribution < 1.29 is 9.53 Å². The van der Waals surface area contributed by atoms with Crippen molar-refractivity contribution in [2.75, 3.05) is 11.1 Å². The molecule has 37 heavy (non-hydrogen) atoms. The van der Waals surface area contributed by atoms with Crippen molar-refractivity contribution >= 4 is 56.5 Å². The number of amides is 1. The van der Waals surface area contributed by atoms with Crippen LogP contribution in [0, 0.1) is 6.92 Å². The molecule has 7 nitrogen and oxygen atoms in total. The second-order valence-electron chi connectivity index (χ2n) is 8.49. The Kier molecular flexibility index (Phi) is 7.45. The van der Waals surface area contributed by atoms with E-state index in [2.05, 4.69) is 34.6 Å². The molecule has 0 aliphatic heterocycles. The third-order valence-corrected chi connectivity index (χ3v) is 8.06. The minimum Gasteiger partial charge on any atom is -0.481 e. The first kappa shape index (κ1) is 25.3. The van der Waals surface area contributed by atoms with Gasteiger partial charge in [0.2, 0.25) is 5.91 Å². The summed E-state index contributed by atoms with van der Waals surface area (Å²) in [6.45, 7) is 3.96. The molecule has 1 atom stereocenters. The molecule has 5 aromatic rings. The topological polar surface area (TPSA) is 81.9 Å². The fourth-order valence-electron chi connectivity index (χ4n) is 3.77. The highest BCUT2D eigenvalue weighted by Gasteiger charge is 2.19. The second-order valence-corrected chi connectivity index (χ2v) is 10.9. The first-order chi connectivity index (χ1) is 17.9. The van der Waals surface area contributed by atoms with Crippen molar-refractivity contribution in [3.63, 3.8) is 0 Å². The third-order valence-electron chi connectivity index (χ3n) is 5.66. The summed E-state index contributed by atoms with van der Waals surface area (Å²) >= 11 is 9.17. The normalized spacial score (nSPS) is 12.0. The lowest BCUT2D eigenvalue weighted by Gasteiger charge is -2.15. The van der Waals surface area contributed by atoms with Crippen molar-refractivity contribution in [1.82, 2.24) is 19.7 Å². The van der Waals surface area contributed by atoms with Gasteiger partial charge >= 0.3 is 0 Å². The van der Waals surface area contributed by atoms with Crippen molar-refractivity contribution in [3.8, 4) is 16.3 Å². The number of aryl methyl sites for hydroxylation is 1. The van der Waals surface area contributed by atoms with Crippen LogP contribution in [0.1, 0.15) is 24.4 Å². The van der Waals surface area contributed by atoms with Gasteiger partial charge in [-0.1, -0.05) is 41.6 Å². The molecular formula is C27H24ClN5O2S2. The van der Waals surface area contributed by atoms with E-state index in [1.807, 2.05) is 67.1 Å². The van der Waals surface area contributed by atoms with Gasteiger partial charge in [0.15, 0.2) is 17.1 Å². The molecule has 0 aliphatic rings. The summed E-state index contributed by atoms with van der Waals surface area (Å²) in [5, 5.41) is 13.5. The number of nitrogens with one attached hydrogen (secondary N) is 1. The Bertz CT molecular complexity index is 1570. The van der Waals surface area contributed by atoms with E-state index < -0.39 is 0 Å². The standard InChI is InChI=1S/C27H24ClN5O2S2/c1-16-8-13-21-23(14-16)37-26(30-21)18-9-11-19(12-10-18)29-24(34)15-36-27-32-31-25(33(27)3)17(2)35-22-7-5-4-6-20(22)28/h4-14,17H,15H2,1-3H3,(H,29,34). The van der Waals surface area contributed by atoms with Crippen molar-refractivity contribution in [2.45, 2.75) is 25.1 Å². The fraction of sp³-hybridized carbons (Fsp3) is 0.185. The molecule has 0 saturated heterocycles. The van der Waals surface area contributed by atoms with E-state index in [1.165, 1.54) is 22.0 Å². The number of hydrogen-bond acceptors (Lipinski definition) is 7. The van der Waals surface area contributed by atoms with E-state index in [9.17, 15) is 4.79 Å². The van der Waals surface area contributed by atoms with Gasteiger partial charge in [0.25, 0.3) is 0 Å². The second kappa shape index (κ2) is 10.9. The molecule has 2 aromatic heterocycles. The molecule has 0 bridgehead atoms. The zero-order valence-electron chi connectivity index (χ0n) is 20.4.